The number of hydrogen-bond donors (Lipinski definition) is 0. The van der Waals surface area contributed by atoms with Gasteiger partial charge in [-0.15, -0.1) is 0 Å². The lowest BCUT2D eigenvalue weighted by Crippen LogP contribution is -2.40. The van der Waals surface area contributed by atoms with Crippen molar-refractivity contribution in [2.75, 3.05) is 27.3 Å². The fourth-order valence-electron chi connectivity index (χ4n) is 3.22. The predicted octanol–water partition coefficient (Wildman–Crippen LogP) is 1.61. The second kappa shape index (κ2) is 6.51. The molecule has 1 aliphatic heterocycles. The Bertz CT molecular complexity index is 775. The summed E-state index contributed by atoms with van der Waals surface area (Å²) in [5, 5.41) is 5.25. The molecule has 7 heteroatoms. The van der Waals surface area contributed by atoms with Gasteiger partial charge in [-0.3, -0.25) is 9.59 Å². The van der Waals surface area contributed by atoms with Gasteiger partial charge in [0.05, 0.1) is 31.0 Å². The monoisotopic (exact) mass is 331 g/mol. The van der Waals surface area contributed by atoms with Crippen molar-refractivity contribution in [2.24, 2.45) is 13.0 Å². The van der Waals surface area contributed by atoms with Crippen LogP contribution in [0.5, 0.6) is 5.88 Å². The molecule has 24 heavy (non-hydrogen) atoms. The van der Waals surface area contributed by atoms with Crippen molar-refractivity contribution in [2.45, 2.75) is 12.8 Å². The number of nitrogens with zero attached hydrogens (tertiary/aromatic N) is 3. The third-order valence-corrected chi connectivity index (χ3v) is 4.54. The maximum atomic E-state index is 12.7. The molecule has 1 aliphatic rings. The molecule has 1 saturated heterocycles. The molecule has 7 nitrogen and oxygen atoms in total. The van der Waals surface area contributed by atoms with Crippen LogP contribution in [0.25, 0.3) is 10.9 Å². The van der Waals surface area contributed by atoms with Gasteiger partial charge in [0.15, 0.2) is 0 Å². The molecule has 0 unspecified atom stereocenters. The highest BCUT2D eigenvalue weighted by Gasteiger charge is 2.28. The Kier molecular flexibility index (Phi) is 4.42. The Morgan fingerprint density at radius 1 is 1.21 bits per heavy atom. The van der Waals surface area contributed by atoms with Crippen LogP contribution in [-0.2, 0) is 16.6 Å². The van der Waals surface area contributed by atoms with E-state index in [0.717, 1.165) is 10.9 Å². The van der Waals surface area contributed by atoms with E-state index < -0.39 is 0 Å². The number of carbonyl (C=O) groups is 2. The van der Waals surface area contributed by atoms with Crippen LogP contribution >= 0.6 is 0 Å². The number of aromatic nitrogens is 2. The topological polar surface area (TPSA) is 73.7 Å². The number of hydrogen-bond acceptors (Lipinski definition) is 5. The second-order valence-corrected chi connectivity index (χ2v) is 5.95. The van der Waals surface area contributed by atoms with Crippen molar-refractivity contribution >= 4 is 22.8 Å². The molecule has 2 heterocycles. The Labute approximate surface area is 140 Å². The molecule has 128 valence electrons. The molecule has 0 saturated carbocycles. The largest absolute Gasteiger partial charge is 0.481 e. The molecule has 1 amide bonds. The van der Waals surface area contributed by atoms with E-state index in [4.69, 9.17) is 9.47 Å². The average molecular weight is 331 g/mol. The minimum absolute atomic E-state index is 0.0372. The first kappa shape index (κ1) is 16.3. The van der Waals surface area contributed by atoms with E-state index in [1.807, 2.05) is 6.07 Å². The van der Waals surface area contributed by atoms with Gasteiger partial charge in [0.25, 0.3) is 5.91 Å². The highest BCUT2D eigenvalue weighted by Crippen LogP contribution is 2.26. The number of rotatable bonds is 3. The zero-order chi connectivity index (χ0) is 17.3. The van der Waals surface area contributed by atoms with Crippen molar-refractivity contribution < 1.29 is 19.1 Å². The SMILES string of the molecule is COC(=O)C1CCN(C(=O)c2ccc3c(OC)n(C)nc3c2)CC1. The molecule has 0 N–H and O–H groups in total. The van der Waals surface area contributed by atoms with Crippen LogP contribution in [-0.4, -0.2) is 53.9 Å². The molecular weight excluding hydrogens is 310 g/mol. The summed E-state index contributed by atoms with van der Waals surface area (Å²) in [5.74, 6) is 0.332. The smallest absolute Gasteiger partial charge is 0.308 e. The van der Waals surface area contributed by atoms with Crippen LogP contribution in [0, 0.1) is 5.92 Å². The van der Waals surface area contributed by atoms with Gasteiger partial charge in [-0.2, -0.15) is 5.10 Å². The highest BCUT2D eigenvalue weighted by atomic mass is 16.5. The third-order valence-electron chi connectivity index (χ3n) is 4.54. The zero-order valence-corrected chi connectivity index (χ0v) is 14.1. The highest BCUT2D eigenvalue weighted by molar-refractivity contribution is 5.98. The van der Waals surface area contributed by atoms with Crippen LogP contribution in [0.1, 0.15) is 23.2 Å². The van der Waals surface area contributed by atoms with Gasteiger partial charge < -0.3 is 14.4 Å². The lowest BCUT2D eigenvalue weighted by Gasteiger charge is -2.30. The molecule has 2 aromatic rings. The van der Waals surface area contributed by atoms with Crippen LogP contribution in [0.3, 0.4) is 0 Å². The van der Waals surface area contributed by atoms with E-state index in [1.54, 1.807) is 35.9 Å². The first-order valence-corrected chi connectivity index (χ1v) is 7.93. The Morgan fingerprint density at radius 3 is 2.54 bits per heavy atom. The Hall–Kier alpha value is -2.57. The van der Waals surface area contributed by atoms with Crippen molar-refractivity contribution in [3.05, 3.63) is 23.8 Å². The number of aryl methyl sites for hydroxylation is 1. The van der Waals surface area contributed by atoms with Gasteiger partial charge in [0.2, 0.25) is 5.88 Å². The third kappa shape index (κ3) is 2.81. The minimum atomic E-state index is -0.191. The number of ether oxygens (including phenoxy) is 2. The van der Waals surface area contributed by atoms with Crippen LogP contribution in [0.4, 0.5) is 0 Å². The summed E-state index contributed by atoms with van der Waals surface area (Å²) in [6.07, 6.45) is 1.27. The molecule has 0 radical (unpaired) electrons. The maximum Gasteiger partial charge on any atom is 0.308 e. The van der Waals surface area contributed by atoms with Crippen LogP contribution in [0.2, 0.25) is 0 Å². The molecule has 1 aromatic heterocycles. The number of fused-ring (bicyclic) bond motifs is 1. The molecule has 1 aromatic carbocycles. The number of amides is 1. The van der Waals surface area contributed by atoms with Crippen molar-refractivity contribution in [1.82, 2.24) is 14.7 Å². The molecule has 0 bridgehead atoms. The van der Waals surface area contributed by atoms with E-state index in [9.17, 15) is 9.59 Å². The van der Waals surface area contributed by atoms with Gasteiger partial charge in [-0.05, 0) is 31.0 Å². The fourth-order valence-corrected chi connectivity index (χ4v) is 3.22. The molecular formula is C17H21N3O4. The summed E-state index contributed by atoms with van der Waals surface area (Å²) in [6.45, 7) is 1.12. The normalized spacial score (nSPS) is 15.5. The first-order chi connectivity index (χ1) is 11.5. The summed E-state index contributed by atoms with van der Waals surface area (Å²) in [7, 11) is 4.80. The van der Waals surface area contributed by atoms with Gasteiger partial charge in [-0.1, -0.05) is 0 Å². The van der Waals surface area contributed by atoms with E-state index in [2.05, 4.69) is 5.10 Å². The predicted molar refractivity (Wildman–Crippen MR) is 87.9 cm³/mol. The first-order valence-electron chi connectivity index (χ1n) is 7.93. The lowest BCUT2D eigenvalue weighted by molar-refractivity contribution is -0.146. The average Bonchev–Trinajstić information content (AvgIpc) is 2.94. The van der Waals surface area contributed by atoms with Gasteiger partial charge in [0.1, 0.15) is 0 Å². The number of carbonyl (C=O) groups excluding carboxylic acids is 2. The van der Waals surface area contributed by atoms with Crippen molar-refractivity contribution in [1.29, 1.82) is 0 Å². The summed E-state index contributed by atoms with van der Waals surface area (Å²) < 4.78 is 11.8. The number of likely N-dealkylation sites (tertiary alicyclic amines) is 1. The zero-order valence-electron chi connectivity index (χ0n) is 14.1. The number of piperidine rings is 1. The lowest BCUT2D eigenvalue weighted by atomic mass is 9.96. The van der Waals surface area contributed by atoms with Gasteiger partial charge in [0, 0.05) is 25.7 Å². The number of esters is 1. The minimum Gasteiger partial charge on any atom is -0.481 e. The maximum absolute atomic E-state index is 12.7. The summed E-state index contributed by atoms with van der Waals surface area (Å²) in [4.78, 5) is 26.0. The van der Waals surface area contributed by atoms with E-state index in [0.29, 0.717) is 37.4 Å². The molecule has 3 rings (SSSR count). The number of methoxy groups -OCH3 is 2. The van der Waals surface area contributed by atoms with Crippen LogP contribution in [0.15, 0.2) is 18.2 Å². The molecule has 0 aliphatic carbocycles. The Balaban J connectivity index is 1.76. The van der Waals surface area contributed by atoms with E-state index in [1.165, 1.54) is 7.11 Å². The quantitative estimate of drug-likeness (QED) is 0.799. The van der Waals surface area contributed by atoms with Crippen LogP contribution < -0.4 is 4.74 Å². The van der Waals surface area contributed by atoms with Gasteiger partial charge >= 0.3 is 5.97 Å². The molecule has 0 spiro atoms. The van der Waals surface area contributed by atoms with E-state index >= 15 is 0 Å². The number of benzene rings is 1. The molecule has 1 fully saturated rings. The summed E-state index contributed by atoms with van der Waals surface area (Å²) in [6, 6.07) is 5.43. The fraction of sp³-hybridized carbons (Fsp3) is 0.471. The Morgan fingerprint density at radius 2 is 1.92 bits per heavy atom. The van der Waals surface area contributed by atoms with Crippen molar-refractivity contribution in [3.63, 3.8) is 0 Å². The van der Waals surface area contributed by atoms with Crippen molar-refractivity contribution in [3.8, 4) is 5.88 Å². The second-order valence-electron chi connectivity index (χ2n) is 5.95. The van der Waals surface area contributed by atoms with Gasteiger partial charge in [-0.25, -0.2) is 4.68 Å². The standard InChI is InChI=1S/C17H21N3O4/c1-19-16(23-2)13-5-4-12(10-14(13)18-19)15(21)20-8-6-11(7-9-20)17(22)24-3/h4-5,10-11H,6-9H2,1-3H3. The summed E-state index contributed by atoms with van der Waals surface area (Å²) in [5.41, 5.74) is 1.32. The van der Waals surface area contributed by atoms with E-state index in [-0.39, 0.29) is 17.8 Å². The molecule has 0 atom stereocenters. The summed E-state index contributed by atoms with van der Waals surface area (Å²) >= 11 is 0.